The number of aryl methyl sites for hydroxylation is 3. The molecule has 0 bridgehead atoms. The smallest absolute Gasteiger partial charge is 0.337 e. The number of carbonyl (C=O) groups excluding carboxylic acids is 1. The van der Waals surface area contributed by atoms with Gasteiger partial charge in [0.2, 0.25) is 0 Å². The maximum Gasteiger partial charge on any atom is 0.337 e. The second kappa shape index (κ2) is 7.67. The number of benzene rings is 2. The third-order valence-corrected chi connectivity index (χ3v) is 6.07. The van der Waals surface area contributed by atoms with Crippen molar-refractivity contribution in [2.75, 3.05) is 13.7 Å². The molecule has 0 unspecified atom stereocenters. The van der Waals surface area contributed by atoms with Gasteiger partial charge in [-0.2, -0.15) is 0 Å². The van der Waals surface area contributed by atoms with Gasteiger partial charge >= 0.3 is 5.97 Å². The van der Waals surface area contributed by atoms with E-state index >= 15 is 0 Å². The van der Waals surface area contributed by atoms with E-state index in [9.17, 15) is 9.59 Å². The Morgan fingerprint density at radius 1 is 1.23 bits per heavy atom. The molecular weight excluding hydrogens is 392 g/mol. The number of hydrogen-bond acceptors (Lipinski definition) is 5. The Labute approximate surface area is 178 Å². The van der Waals surface area contributed by atoms with E-state index in [4.69, 9.17) is 15.5 Å². The first-order chi connectivity index (χ1) is 15.1. The van der Waals surface area contributed by atoms with E-state index in [1.807, 2.05) is 12.3 Å². The topological polar surface area (TPSA) is 103 Å². The molecule has 0 amide bonds. The molecule has 0 saturated carbocycles. The molecule has 2 aromatic heterocycles. The third-order valence-electron chi connectivity index (χ3n) is 6.07. The van der Waals surface area contributed by atoms with Gasteiger partial charge in [-0.25, -0.2) is 9.78 Å². The van der Waals surface area contributed by atoms with Gasteiger partial charge in [0.15, 0.2) is 0 Å². The van der Waals surface area contributed by atoms with E-state index in [1.54, 1.807) is 12.1 Å². The van der Waals surface area contributed by atoms with Gasteiger partial charge in [0.05, 0.1) is 23.7 Å². The molecule has 0 atom stereocenters. The normalized spacial score (nSPS) is 13.1. The number of aromatic nitrogens is 3. The van der Waals surface area contributed by atoms with E-state index in [0.29, 0.717) is 29.9 Å². The first kappa shape index (κ1) is 19.5. The van der Waals surface area contributed by atoms with E-state index in [-0.39, 0.29) is 5.56 Å². The van der Waals surface area contributed by atoms with E-state index in [2.05, 4.69) is 21.7 Å². The Morgan fingerprint density at radius 3 is 2.81 bits per heavy atom. The molecule has 31 heavy (non-hydrogen) atoms. The number of nitrogens with zero attached hydrogens (tertiary/aromatic N) is 2. The van der Waals surface area contributed by atoms with Crippen LogP contribution < -0.4 is 11.3 Å². The zero-order valence-electron chi connectivity index (χ0n) is 17.4. The van der Waals surface area contributed by atoms with Crippen molar-refractivity contribution in [3.63, 3.8) is 0 Å². The van der Waals surface area contributed by atoms with Crippen LogP contribution in [-0.2, 0) is 24.1 Å². The van der Waals surface area contributed by atoms with Gasteiger partial charge < -0.3 is 20.0 Å². The summed E-state index contributed by atoms with van der Waals surface area (Å²) in [5, 5.41) is 0.790. The van der Waals surface area contributed by atoms with Crippen LogP contribution in [0.4, 0.5) is 0 Å². The highest BCUT2D eigenvalue weighted by atomic mass is 16.5. The molecule has 158 valence electrons. The number of carbonyl (C=O) groups is 1. The van der Waals surface area contributed by atoms with Crippen molar-refractivity contribution >= 4 is 27.9 Å². The lowest BCUT2D eigenvalue weighted by Crippen LogP contribution is -2.12. The van der Waals surface area contributed by atoms with Crippen LogP contribution >= 0.6 is 0 Å². The van der Waals surface area contributed by atoms with Gasteiger partial charge in [0, 0.05) is 29.2 Å². The zero-order valence-corrected chi connectivity index (χ0v) is 17.4. The van der Waals surface area contributed by atoms with Gasteiger partial charge in [0.25, 0.3) is 5.56 Å². The molecule has 4 aromatic rings. The highest BCUT2D eigenvalue weighted by Crippen LogP contribution is 2.31. The lowest BCUT2D eigenvalue weighted by Gasteiger charge is -2.06. The van der Waals surface area contributed by atoms with Crippen LogP contribution in [0.5, 0.6) is 0 Å². The van der Waals surface area contributed by atoms with Gasteiger partial charge in [-0.1, -0.05) is 0 Å². The van der Waals surface area contributed by atoms with Crippen LogP contribution in [0.1, 0.15) is 34.3 Å². The molecule has 3 N–H and O–H groups in total. The van der Waals surface area contributed by atoms with Gasteiger partial charge in [-0.05, 0) is 73.7 Å². The van der Waals surface area contributed by atoms with E-state index in [1.165, 1.54) is 18.2 Å². The van der Waals surface area contributed by atoms with E-state index in [0.717, 1.165) is 47.6 Å². The number of aromatic amines is 1. The summed E-state index contributed by atoms with van der Waals surface area (Å²) in [5.41, 5.74) is 12.0. The molecule has 0 saturated heterocycles. The summed E-state index contributed by atoms with van der Waals surface area (Å²) in [6.07, 6.45) is 5.95. The lowest BCUT2D eigenvalue weighted by atomic mass is 10.1. The van der Waals surface area contributed by atoms with E-state index < -0.39 is 5.97 Å². The van der Waals surface area contributed by atoms with Crippen molar-refractivity contribution < 1.29 is 9.53 Å². The molecule has 2 aromatic carbocycles. The Kier molecular flexibility index (Phi) is 4.82. The summed E-state index contributed by atoms with van der Waals surface area (Å²) in [7, 11) is 1.36. The molecule has 2 heterocycles. The Balaban J connectivity index is 1.73. The fourth-order valence-corrected chi connectivity index (χ4v) is 4.52. The molecular formula is C24H24N4O3. The average Bonchev–Trinajstić information content (AvgIpc) is 3.38. The molecule has 0 radical (unpaired) electrons. The number of hydrogen-bond donors (Lipinski definition) is 2. The summed E-state index contributed by atoms with van der Waals surface area (Å²) < 4.78 is 6.94. The van der Waals surface area contributed by atoms with Crippen molar-refractivity contribution in [3.05, 3.63) is 63.6 Å². The number of nitrogens with two attached hydrogens (primary N) is 1. The van der Waals surface area contributed by atoms with Crippen LogP contribution in [0.2, 0.25) is 0 Å². The van der Waals surface area contributed by atoms with Gasteiger partial charge in [-0.15, -0.1) is 0 Å². The summed E-state index contributed by atoms with van der Waals surface area (Å²) in [5.74, 6) is -0.418. The zero-order chi connectivity index (χ0) is 21.5. The fourth-order valence-electron chi connectivity index (χ4n) is 4.52. The summed E-state index contributed by atoms with van der Waals surface area (Å²) >= 11 is 0. The van der Waals surface area contributed by atoms with Crippen LogP contribution in [0.15, 0.2) is 41.3 Å². The highest BCUT2D eigenvalue weighted by molar-refractivity contribution is 6.01. The Hall–Kier alpha value is -3.45. The number of rotatable bonds is 5. The minimum atomic E-state index is -0.418. The van der Waals surface area contributed by atoms with Crippen LogP contribution in [0.25, 0.3) is 33.2 Å². The van der Waals surface area contributed by atoms with Crippen LogP contribution in [0, 0.1) is 0 Å². The SMILES string of the molecule is COC(=O)c1ccc2c(c1)c(-c1nc3cc4c(cc3[nH]c1=O)CCC4)cn2CCCN. The van der Waals surface area contributed by atoms with Gasteiger partial charge in [0.1, 0.15) is 5.69 Å². The monoisotopic (exact) mass is 416 g/mol. The second-order valence-corrected chi connectivity index (χ2v) is 8.01. The number of H-pyrrole nitrogens is 1. The number of ether oxygens (including phenoxy) is 1. The number of esters is 1. The molecule has 0 aliphatic heterocycles. The first-order valence-corrected chi connectivity index (χ1v) is 10.6. The standard InChI is InChI=1S/C24H24N4O3/c1-31-24(30)16-6-7-21-17(10-16)18(13-28(21)9-3-8-25)22-23(29)27-20-12-15-5-2-4-14(15)11-19(20)26-22/h6-7,10-13H,2-5,8-9,25H2,1H3,(H,27,29). The average molecular weight is 416 g/mol. The Bertz CT molecular complexity index is 1380. The quantitative estimate of drug-likeness (QED) is 0.487. The number of fused-ring (bicyclic) bond motifs is 3. The predicted octanol–water partition coefficient (Wildman–Crippen LogP) is 3.17. The van der Waals surface area contributed by atoms with Crippen molar-refractivity contribution in [2.24, 2.45) is 5.73 Å². The fraction of sp³-hybridized carbons (Fsp3) is 0.292. The van der Waals surface area contributed by atoms with Crippen molar-refractivity contribution in [3.8, 4) is 11.3 Å². The van der Waals surface area contributed by atoms with Gasteiger partial charge in [-0.3, -0.25) is 4.79 Å². The molecule has 0 spiro atoms. The molecule has 5 rings (SSSR count). The minimum Gasteiger partial charge on any atom is -0.465 e. The summed E-state index contributed by atoms with van der Waals surface area (Å²) in [6.45, 7) is 1.28. The van der Waals surface area contributed by atoms with Crippen LogP contribution in [0.3, 0.4) is 0 Å². The van der Waals surface area contributed by atoms with Crippen molar-refractivity contribution in [1.29, 1.82) is 0 Å². The molecule has 1 aliphatic rings. The predicted molar refractivity (Wildman–Crippen MR) is 120 cm³/mol. The third kappa shape index (κ3) is 3.31. The first-order valence-electron chi connectivity index (χ1n) is 10.6. The van der Waals surface area contributed by atoms with Crippen LogP contribution in [-0.4, -0.2) is 34.2 Å². The maximum absolute atomic E-state index is 13.0. The molecule has 0 fully saturated rings. The number of methoxy groups -OCH3 is 1. The van der Waals surface area contributed by atoms with Crippen molar-refractivity contribution in [1.82, 2.24) is 14.5 Å². The lowest BCUT2D eigenvalue weighted by molar-refractivity contribution is 0.0601. The summed E-state index contributed by atoms with van der Waals surface area (Å²) in [4.78, 5) is 32.9. The maximum atomic E-state index is 13.0. The largest absolute Gasteiger partial charge is 0.465 e. The van der Waals surface area contributed by atoms with Crippen molar-refractivity contribution in [2.45, 2.75) is 32.2 Å². The summed E-state index contributed by atoms with van der Waals surface area (Å²) in [6, 6.07) is 9.52. The second-order valence-electron chi connectivity index (χ2n) is 8.01. The number of nitrogens with one attached hydrogen (secondary N) is 1. The molecule has 7 heteroatoms. The Morgan fingerprint density at radius 2 is 2.03 bits per heavy atom. The minimum absolute atomic E-state index is 0.244. The molecule has 1 aliphatic carbocycles. The highest BCUT2D eigenvalue weighted by Gasteiger charge is 2.19. The molecule has 7 nitrogen and oxygen atoms in total.